The maximum Gasteiger partial charge on any atom is 0.231 e. The molecule has 0 amide bonds. The number of aromatic nitrogens is 2. The third kappa shape index (κ3) is 4.42. The lowest BCUT2D eigenvalue weighted by Crippen LogP contribution is -2.46. The summed E-state index contributed by atoms with van der Waals surface area (Å²) in [6.07, 6.45) is 4.81. The van der Waals surface area contributed by atoms with Gasteiger partial charge in [-0.05, 0) is 67.7 Å². The van der Waals surface area contributed by atoms with E-state index in [1.165, 1.54) is 36.9 Å². The number of hydrogen-bond donors (Lipinski definition) is 2. The van der Waals surface area contributed by atoms with Crippen molar-refractivity contribution in [1.29, 1.82) is 0 Å². The van der Waals surface area contributed by atoms with Gasteiger partial charge < -0.3 is 29.5 Å². The second-order valence-electron chi connectivity index (χ2n) is 10.1. The normalized spacial score (nSPS) is 20.3. The zero-order chi connectivity index (χ0) is 26.1. The number of piperidine rings is 3. The van der Waals surface area contributed by atoms with Gasteiger partial charge in [-0.3, -0.25) is 0 Å². The van der Waals surface area contributed by atoms with Crippen molar-refractivity contribution in [3.63, 3.8) is 0 Å². The van der Waals surface area contributed by atoms with E-state index in [0.29, 0.717) is 18.4 Å². The fraction of sp³-hybridized carbons (Fsp3) is 0.323. The van der Waals surface area contributed by atoms with Gasteiger partial charge in [0.25, 0.3) is 0 Å². The van der Waals surface area contributed by atoms with Gasteiger partial charge in [0, 0.05) is 41.7 Å². The van der Waals surface area contributed by atoms with Crippen molar-refractivity contribution in [3.8, 4) is 23.0 Å². The highest BCUT2D eigenvalue weighted by atomic mass is 16.5. The van der Waals surface area contributed by atoms with Crippen LogP contribution >= 0.6 is 0 Å². The molecule has 1 unspecified atom stereocenters. The number of nitrogens with one attached hydrogen (secondary N) is 1. The third-order valence-electron chi connectivity index (χ3n) is 8.04. The number of methoxy groups -OCH3 is 2. The number of oxazole rings is 1. The summed E-state index contributed by atoms with van der Waals surface area (Å²) < 4.78 is 16.7. The SMILES string of the molecule is COc1ccccc1-c1nc2c(ccc3[nH]cc(C4CN5CCC4CC5)c32)o1.COc1ccccc1CN. The molecule has 3 N–H and O–H groups in total. The molecule has 0 saturated carbocycles. The van der Waals surface area contributed by atoms with Crippen LogP contribution in [0.15, 0.2) is 71.3 Å². The molecule has 5 heterocycles. The van der Waals surface area contributed by atoms with Crippen molar-refractivity contribution < 1.29 is 13.9 Å². The Morgan fingerprint density at radius 2 is 1.71 bits per heavy atom. The smallest absolute Gasteiger partial charge is 0.231 e. The van der Waals surface area contributed by atoms with Crippen molar-refractivity contribution in [2.24, 2.45) is 11.7 Å². The van der Waals surface area contributed by atoms with E-state index in [4.69, 9.17) is 24.6 Å². The van der Waals surface area contributed by atoms with Crippen LogP contribution in [0.3, 0.4) is 0 Å². The summed E-state index contributed by atoms with van der Waals surface area (Å²) in [4.78, 5) is 11.0. The molecular formula is C31H34N4O3. The van der Waals surface area contributed by atoms with Gasteiger partial charge in [-0.1, -0.05) is 30.3 Å². The number of H-pyrrole nitrogens is 1. The number of ether oxygens (including phenoxy) is 2. The van der Waals surface area contributed by atoms with Gasteiger partial charge in [0.05, 0.1) is 19.8 Å². The Morgan fingerprint density at radius 1 is 0.974 bits per heavy atom. The van der Waals surface area contributed by atoms with E-state index in [9.17, 15) is 0 Å². The first-order valence-electron chi connectivity index (χ1n) is 13.3. The summed E-state index contributed by atoms with van der Waals surface area (Å²) >= 11 is 0. The Morgan fingerprint density at radius 3 is 2.39 bits per heavy atom. The Bertz CT molecular complexity index is 1520. The van der Waals surface area contributed by atoms with Crippen LogP contribution in [0.25, 0.3) is 33.5 Å². The lowest BCUT2D eigenvalue weighted by atomic mass is 9.75. The number of benzene rings is 3. The van der Waals surface area contributed by atoms with E-state index in [1.54, 1.807) is 14.2 Å². The molecular weight excluding hydrogens is 476 g/mol. The fourth-order valence-corrected chi connectivity index (χ4v) is 6.05. The second kappa shape index (κ2) is 10.5. The average molecular weight is 511 g/mol. The number of hydrogen-bond acceptors (Lipinski definition) is 6. The number of para-hydroxylation sites is 2. The molecule has 196 valence electrons. The van der Waals surface area contributed by atoms with Crippen LogP contribution in [0.2, 0.25) is 0 Å². The first kappa shape index (κ1) is 24.5. The first-order valence-corrected chi connectivity index (χ1v) is 13.3. The molecule has 3 aliphatic rings. The monoisotopic (exact) mass is 510 g/mol. The van der Waals surface area contributed by atoms with Crippen LogP contribution in [-0.2, 0) is 6.54 Å². The summed E-state index contributed by atoms with van der Waals surface area (Å²) in [5.41, 5.74) is 11.7. The van der Waals surface area contributed by atoms with Crippen LogP contribution in [0, 0.1) is 5.92 Å². The van der Waals surface area contributed by atoms with Crippen molar-refractivity contribution in [1.82, 2.24) is 14.9 Å². The van der Waals surface area contributed by atoms with E-state index in [2.05, 4.69) is 22.1 Å². The summed E-state index contributed by atoms with van der Waals surface area (Å²) in [6.45, 7) is 4.19. The third-order valence-corrected chi connectivity index (χ3v) is 8.04. The van der Waals surface area contributed by atoms with Gasteiger partial charge in [-0.2, -0.15) is 0 Å². The van der Waals surface area contributed by atoms with Crippen molar-refractivity contribution in [2.75, 3.05) is 33.9 Å². The van der Waals surface area contributed by atoms with Crippen molar-refractivity contribution in [2.45, 2.75) is 25.3 Å². The predicted octanol–water partition coefficient (Wildman–Crippen LogP) is 5.95. The highest BCUT2D eigenvalue weighted by Gasteiger charge is 2.36. The fourth-order valence-electron chi connectivity index (χ4n) is 6.05. The van der Waals surface area contributed by atoms with Gasteiger partial charge in [-0.25, -0.2) is 4.98 Å². The molecule has 2 bridgehead atoms. The van der Waals surface area contributed by atoms with E-state index in [-0.39, 0.29) is 0 Å². The zero-order valence-corrected chi connectivity index (χ0v) is 21.9. The quantitative estimate of drug-likeness (QED) is 0.304. The van der Waals surface area contributed by atoms with Gasteiger partial charge in [0.15, 0.2) is 5.58 Å². The summed E-state index contributed by atoms with van der Waals surface area (Å²) in [7, 11) is 3.33. The molecule has 5 aromatic rings. The molecule has 7 nitrogen and oxygen atoms in total. The molecule has 0 aliphatic carbocycles. The molecule has 3 saturated heterocycles. The minimum Gasteiger partial charge on any atom is -0.496 e. The van der Waals surface area contributed by atoms with Crippen LogP contribution in [0.1, 0.15) is 29.9 Å². The maximum atomic E-state index is 6.16. The van der Waals surface area contributed by atoms with Crippen LogP contribution in [0.5, 0.6) is 11.5 Å². The largest absolute Gasteiger partial charge is 0.496 e. The molecule has 3 fully saturated rings. The predicted molar refractivity (Wildman–Crippen MR) is 151 cm³/mol. The van der Waals surface area contributed by atoms with E-state index >= 15 is 0 Å². The molecule has 7 heteroatoms. The molecule has 1 atom stereocenters. The molecule has 0 spiro atoms. The van der Waals surface area contributed by atoms with E-state index < -0.39 is 0 Å². The molecule has 38 heavy (non-hydrogen) atoms. The van der Waals surface area contributed by atoms with Gasteiger partial charge in [0.2, 0.25) is 5.89 Å². The van der Waals surface area contributed by atoms with E-state index in [1.807, 2.05) is 54.6 Å². The van der Waals surface area contributed by atoms with Gasteiger partial charge >= 0.3 is 0 Å². The molecule has 2 aromatic heterocycles. The Labute approximate surface area is 222 Å². The summed E-state index contributed by atoms with van der Waals surface area (Å²) in [6, 6.07) is 19.7. The number of nitrogens with two attached hydrogens (primary N) is 1. The molecule has 8 rings (SSSR count). The Kier molecular flexibility index (Phi) is 6.79. The standard InChI is InChI=1S/C23H23N3O2.C8H11NO/c1-27-19-5-3-2-4-15(19)23-25-22-20(28-23)7-6-18-21(22)16(12-24-18)17-13-26-10-8-14(17)9-11-26;1-10-8-5-3-2-4-7(8)6-9/h2-7,12,14,17,24H,8-11,13H2,1H3;2-5H,6,9H2,1H3. The van der Waals surface area contributed by atoms with Gasteiger partial charge in [0.1, 0.15) is 17.0 Å². The molecule has 0 radical (unpaired) electrons. The maximum absolute atomic E-state index is 6.16. The van der Waals surface area contributed by atoms with Crippen LogP contribution in [-0.4, -0.2) is 48.7 Å². The van der Waals surface area contributed by atoms with E-state index in [0.717, 1.165) is 51.7 Å². The number of aromatic amines is 1. The zero-order valence-electron chi connectivity index (χ0n) is 21.9. The number of rotatable bonds is 5. The minimum absolute atomic E-state index is 0.532. The molecule has 3 aromatic carbocycles. The number of fused-ring (bicyclic) bond motifs is 6. The number of nitrogens with zero attached hydrogens (tertiary/aromatic N) is 2. The molecule has 3 aliphatic heterocycles. The van der Waals surface area contributed by atoms with Gasteiger partial charge in [-0.15, -0.1) is 0 Å². The first-order chi connectivity index (χ1) is 18.7. The van der Waals surface area contributed by atoms with Crippen molar-refractivity contribution >= 4 is 22.0 Å². The Balaban J connectivity index is 0.000000225. The lowest BCUT2D eigenvalue weighted by Gasteiger charge is -2.44. The topological polar surface area (TPSA) is 89.5 Å². The summed E-state index contributed by atoms with van der Waals surface area (Å²) in [5.74, 6) is 3.61. The van der Waals surface area contributed by atoms with Crippen molar-refractivity contribution in [3.05, 3.63) is 78.0 Å². The van der Waals surface area contributed by atoms with Crippen LogP contribution < -0.4 is 15.2 Å². The lowest BCUT2D eigenvalue weighted by molar-refractivity contribution is 0.0877. The highest BCUT2D eigenvalue weighted by Crippen LogP contribution is 2.43. The average Bonchev–Trinajstić information content (AvgIpc) is 3.62. The van der Waals surface area contributed by atoms with Crippen LogP contribution in [0.4, 0.5) is 0 Å². The summed E-state index contributed by atoms with van der Waals surface area (Å²) in [5, 5.41) is 1.22. The Hall–Kier alpha value is -3.81. The minimum atomic E-state index is 0.532. The highest BCUT2D eigenvalue weighted by molar-refractivity contribution is 6.05. The second-order valence-corrected chi connectivity index (χ2v) is 10.1.